The normalized spacial score (nSPS) is 10.8. The molecule has 0 aliphatic carbocycles. The highest BCUT2D eigenvalue weighted by Gasteiger charge is 2.13. The summed E-state index contributed by atoms with van der Waals surface area (Å²) in [6.45, 7) is 7.08. The highest BCUT2D eigenvalue weighted by Crippen LogP contribution is 2.31. The first-order chi connectivity index (χ1) is 9.62. The molecular weight excluding hydrogens is 280 g/mol. The molecule has 2 rings (SSSR count). The number of fused-ring (bicyclic) bond motifs is 1. The minimum Gasteiger partial charge on any atom is -0.490 e. The van der Waals surface area contributed by atoms with Crippen LogP contribution in [0.15, 0.2) is 16.9 Å². The van der Waals surface area contributed by atoms with Crippen LogP contribution in [-0.2, 0) is 6.54 Å². The van der Waals surface area contributed by atoms with E-state index in [1.165, 1.54) is 4.57 Å². The molecule has 20 heavy (non-hydrogen) atoms. The number of aromatic nitrogens is 2. The van der Waals surface area contributed by atoms with Gasteiger partial charge in [-0.25, -0.2) is 4.98 Å². The summed E-state index contributed by atoms with van der Waals surface area (Å²) in [5.74, 6) is 1.12. The summed E-state index contributed by atoms with van der Waals surface area (Å²) in [6, 6.07) is 3.36. The van der Waals surface area contributed by atoms with Gasteiger partial charge in [0, 0.05) is 12.6 Å². The van der Waals surface area contributed by atoms with E-state index in [1.54, 1.807) is 12.1 Å². The van der Waals surface area contributed by atoms with Crippen molar-refractivity contribution >= 4 is 22.5 Å². The molecule has 0 saturated carbocycles. The molecule has 1 heterocycles. The molecule has 0 amide bonds. The molecule has 0 atom stereocenters. The molecule has 0 saturated heterocycles. The predicted molar refractivity (Wildman–Crippen MR) is 79.0 cm³/mol. The van der Waals surface area contributed by atoms with Crippen LogP contribution in [0.3, 0.4) is 0 Å². The molecule has 108 valence electrons. The number of hydrogen-bond acceptors (Lipinski definition) is 4. The first-order valence-electron chi connectivity index (χ1n) is 6.62. The number of nitrogens with zero attached hydrogens (tertiary/aromatic N) is 2. The van der Waals surface area contributed by atoms with E-state index in [2.05, 4.69) is 4.98 Å². The Labute approximate surface area is 122 Å². The first kappa shape index (κ1) is 14.7. The average molecular weight is 297 g/mol. The highest BCUT2D eigenvalue weighted by molar-refractivity contribution is 6.28. The molecule has 2 aromatic rings. The van der Waals surface area contributed by atoms with Crippen molar-refractivity contribution in [1.82, 2.24) is 9.55 Å². The largest absolute Gasteiger partial charge is 0.490 e. The molecule has 0 aliphatic rings. The third kappa shape index (κ3) is 2.58. The third-order valence-corrected chi connectivity index (χ3v) is 3.18. The van der Waals surface area contributed by atoms with Gasteiger partial charge >= 0.3 is 0 Å². The van der Waals surface area contributed by atoms with E-state index in [-0.39, 0.29) is 10.8 Å². The summed E-state index contributed by atoms with van der Waals surface area (Å²) in [7, 11) is 0. The van der Waals surface area contributed by atoms with Crippen molar-refractivity contribution < 1.29 is 9.47 Å². The summed E-state index contributed by atoms with van der Waals surface area (Å²) in [6.07, 6.45) is 0. The number of benzene rings is 1. The van der Waals surface area contributed by atoms with E-state index in [0.717, 1.165) is 0 Å². The van der Waals surface area contributed by atoms with Crippen LogP contribution in [0.4, 0.5) is 0 Å². The molecule has 1 aromatic carbocycles. The van der Waals surface area contributed by atoms with Crippen LogP contribution >= 0.6 is 11.6 Å². The Morgan fingerprint density at radius 2 is 1.75 bits per heavy atom. The molecule has 0 spiro atoms. The lowest BCUT2D eigenvalue weighted by atomic mass is 10.2. The molecule has 6 heteroatoms. The number of ether oxygens (including phenoxy) is 2. The van der Waals surface area contributed by atoms with Gasteiger partial charge in [-0.05, 0) is 38.4 Å². The third-order valence-electron chi connectivity index (χ3n) is 2.89. The van der Waals surface area contributed by atoms with Gasteiger partial charge in [0.25, 0.3) is 5.56 Å². The van der Waals surface area contributed by atoms with Gasteiger partial charge in [0.1, 0.15) is 0 Å². The Hall–Kier alpha value is -1.75. The van der Waals surface area contributed by atoms with Crippen LogP contribution in [0, 0.1) is 0 Å². The Morgan fingerprint density at radius 3 is 2.30 bits per heavy atom. The van der Waals surface area contributed by atoms with Crippen molar-refractivity contribution in [3.8, 4) is 11.5 Å². The van der Waals surface area contributed by atoms with Gasteiger partial charge in [-0.15, -0.1) is 0 Å². The minimum atomic E-state index is -0.175. The van der Waals surface area contributed by atoms with Crippen LogP contribution < -0.4 is 15.0 Å². The van der Waals surface area contributed by atoms with Crippen molar-refractivity contribution in [1.29, 1.82) is 0 Å². The molecule has 0 radical (unpaired) electrons. The zero-order chi connectivity index (χ0) is 14.7. The zero-order valence-electron chi connectivity index (χ0n) is 11.8. The molecule has 1 aromatic heterocycles. The summed E-state index contributed by atoms with van der Waals surface area (Å²) in [5.41, 5.74) is 0.336. The van der Waals surface area contributed by atoms with E-state index >= 15 is 0 Å². The standard InChI is InChI=1S/C14H17ClN2O3/c1-4-17-13(18)9-7-11(19-5-2)12(20-6-3)8-10(9)16-14(17)15/h7-8H,4-6H2,1-3H3. The lowest BCUT2D eigenvalue weighted by Crippen LogP contribution is -2.21. The molecular formula is C14H17ClN2O3. The molecule has 0 N–H and O–H groups in total. The predicted octanol–water partition coefficient (Wildman–Crippen LogP) is 2.87. The highest BCUT2D eigenvalue weighted by atomic mass is 35.5. The lowest BCUT2D eigenvalue weighted by Gasteiger charge is -2.13. The minimum absolute atomic E-state index is 0.175. The van der Waals surface area contributed by atoms with E-state index in [0.29, 0.717) is 42.2 Å². The van der Waals surface area contributed by atoms with E-state index in [1.807, 2.05) is 20.8 Å². The summed E-state index contributed by atoms with van der Waals surface area (Å²) < 4.78 is 12.5. The quantitative estimate of drug-likeness (QED) is 0.796. The van der Waals surface area contributed by atoms with Crippen LogP contribution in [0.1, 0.15) is 20.8 Å². The first-order valence-corrected chi connectivity index (χ1v) is 6.99. The van der Waals surface area contributed by atoms with E-state index in [4.69, 9.17) is 21.1 Å². The monoisotopic (exact) mass is 296 g/mol. The molecule has 0 fully saturated rings. The lowest BCUT2D eigenvalue weighted by molar-refractivity contribution is 0.288. The second-order valence-electron chi connectivity index (χ2n) is 4.11. The van der Waals surface area contributed by atoms with Gasteiger partial charge in [0.15, 0.2) is 11.5 Å². The number of hydrogen-bond donors (Lipinski definition) is 0. The Kier molecular flexibility index (Phi) is 4.49. The van der Waals surface area contributed by atoms with Crippen LogP contribution in [-0.4, -0.2) is 22.8 Å². The Balaban J connectivity index is 2.73. The maximum absolute atomic E-state index is 12.3. The molecule has 0 unspecified atom stereocenters. The Bertz CT molecular complexity index is 682. The van der Waals surface area contributed by atoms with Crippen molar-refractivity contribution in [3.05, 3.63) is 27.8 Å². The maximum Gasteiger partial charge on any atom is 0.262 e. The van der Waals surface area contributed by atoms with Crippen LogP contribution in [0.25, 0.3) is 10.9 Å². The van der Waals surface area contributed by atoms with E-state index < -0.39 is 0 Å². The number of rotatable bonds is 5. The molecule has 0 bridgehead atoms. The smallest absolute Gasteiger partial charge is 0.262 e. The average Bonchev–Trinajstić information content (AvgIpc) is 2.41. The van der Waals surface area contributed by atoms with Crippen molar-refractivity contribution in [2.24, 2.45) is 0 Å². The topological polar surface area (TPSA) is 53.4 Å². The van der Waals surface area contributed by atoms with Gasteiger partial charge in [-0.1, -0.05) is 0 Å². The summed E-state index contributed by atoms with van der Waals surface area (Å²) in [4.78, 5) is 16.6. The van der Waals surface area contributed by atoms with Gasteiger partial charge in [-0.2, -0.15) is 0 Å². The van der Waals surface area contributed by atoms with Gasteiger partial charge in [0.2, 0.25) is 5.28 Å². The van der Waals surface area contributed by atoms with Gasteiger partial charge < -0.3 is 9.47 Å². The summed E-state index contributed by atoms with van der Waals surface area (Å²) in [5, 5.41) is 0.653. The van der Waals surface area contributed by atoms with Crippen LogP contribution in [0.2, 0.25) is 5.28 Å². The fraction of sp³-hybridized carbons (Fsp3) is 0.429. The fourth-order valence-corrected chi connectivity index (χ4v) is 2.30. The van der Waals surface area contributed by atoms with Crippen molar-refractivity contribution in [2.75, 3.05) is 13.2 Å². The fourth-order valence-electron chi connectivity index (χ4n) is 2.01. The second kappa shape index (κ2) is 6.13. The Morgan fingerprint density at radius 1 is 1.15 bits per heavy atom. The molecule has 5 nitrogen and oxygen atoms in total. The maximum atomic E-state index is 12.3. The molecule has 0 aliphatic heterocycles. The van der Waals surface area contributed by atoms with Gasteiger partial charge in [0.05, 0.1) is 24.1 Å². The SMILES string of the molecule is CCOc1cc2nc(Cl)n(CC)c(=O)c2cc1OCC. The van der Waals surface area contributed by atoms with Gasteiger partial charge in [-0.3, -0.25) is 9.36 Å². The summed E-state index contributed by atoms with van der Waals surface area (Å²) >= 11 is 6.02. The second-order valence-corrected chi connectivity index (χ2v) is 4.45. The van der Waals surface area contributed by atoms with Crippen molar-refractivity contribution in [3.63, 3.8) is 0 Å². The zero-order valence-corrected chi connectivity index (χ0v) is 12.5. The van der Waals surface area contributed by atoms with Crippen LogP contribution in [0.5, 0.6) is 11.5 Å². The van der Waals surface area contributed by atoms with Crippen molar-refractivity contribution in [2.45, 2.75) is 27.3 Å². The number of halogens is 1. The van der Waals surface area contributed by atoms with E-state index in [9.17, 15) is 4.79 Å².